The topological polar surface area (TPSA) is 67.4 Å². The van der Waals surface area contributed by atoms with Gasteiger partial charge in [-0.1, -0.05) is 17.7 Å². The van der Waals surface area contributed by atoms with Crippen molar-refractivity contribution >= 4 is 23.4 Å². The van der Waals surface area contributed by atoms with Crippen molar-refractivity contribution in [2.75, 3.05) is 10.6 Å². The van der Waals surface area contributed by atoms with E-state index in [9.17, 15) is 9.59 Å². The Kier molecular flexibility index (Phi) is 5.36. The number of hydrogen-bond acceptors (Lipinski definition) is 3. The van der Waals surface area contributed by atoms with E-state index in [-0.39, 0.29) is 18.1 Å². The number of anilines is 2. The lowest BCUT2D eigenvalue weighted by Gasteiger charge is -2.10. The zero-order valence-corrected chi connectivity index (χ0v) is 13.4. The maximum Gasteiger partial charge on any atom is 0.338 e. The van der Waals surface area contributed by atoms with Gasteiger partial charge in [0.2, 0.25) is 0 Å². The van der Waals surface area contributed by atoms with E-state index in [0.717, 1.165) is 5.56 Å². The lowest BCUT2D eigenvalue weighted by Crippen LogP contribution is -2.19. The maximum atomic E-state index is 11.9. The molecule has 2 N–H and O–H groups in total. The molecule has 2 rings (SSSR count). The van der Waals surface area contributed by atoms with Gasteiger partial charge in [-0.3, -0.25) is 0 Å². The molecule has 0 radical (unpaired) electrons. The summed E-state index contributed by atoms with van der Waals surface area (Å²) in [5, 5.41) is 5.45. The van der Waals surface area contributed by atoms with E-state index in [1.54, 1.807) is 38.1 Å². The Bertz CT molecular complexity index is 676. The number of benzene rings is 2. The van der Waals surface area contributed by atoms with E-state index in [0.29, 0.717) is 16.9 Å². The van der Waals surface area contributed by atoms with Crippen molar-refractivity contribution in [1.29, 1.82) is 0 Å². The molecule has 2 aromatic rings. The molecule has 0 spiro atoms. The summed E-state index contributed by atoms with van der Waals surface area (Å²) in [6.07, 6.45) is -0.166. The van der Waals surface area contributed by atoms with Crippen molar-refractivity contribution in [2.45, 2.75) is 26.9 Å². The molecule has 120 valence electrons. The summed E-state index contributed by atoms with van der Waals surface area (Å²) < 4.78 is 5.11. The molecule has 0 saturated heterocycles. The highest BCUT2D eigenvalue weighted by atomic mass is 16.5. The fourth-order valence-electron chi connectivity index (χ4n) is 1.90. The van der Waals surface area contributed by atoms with Gasteiger partial charge in [-0.25, -0.2) is 9.59 Å². The molecular formula is C18H20N2O3. The van der Waals surface area contributed by atoms with E-state index in [2.05, 4.69) is 10.6 Å². The highest BCUT2D eigenvalue weighted by molar-refractivity contribution is 6.00. The normalized spacial score (nSPS) is 10.3. The minimum absolute atomic E-state index is 0.166. The highest BCUT2D eigenvalue weighted by Crippen LogP contribution is 2.13. The van der Waals surface area contributed by atoms with E-state index >= 15 is 0 Å². The van der Waals surface area contributed by atoms with Gasteiger partial charge >= 0.3 is 12.0 Å². The molecule has 0 aliphatic carbocycles. The third kappa shape index (κ3) is 5.14. The molecule has 2 amide bonds. The molecule has 2 aromatic carbocycles. The van der Waals surface area contributed by atoms with Gasteiger partial charge in [0.15, 0.2) is 0 Å². The Morgan fingerprint density at radius 1 is 0.870 bits per heavy atom. The first-order valence-corrected chi connectivity index (χ1v) is 7.40. The number of carbonyl (C=O) groups excluding carboxylic acids is 2. The van der Waals surface area contributed by atoms with Gasteiger partial charge in [-0.2, -0.15) is 0 Å². The van der Waals surface area contributed by atoms with Crippen LogP contribution in [0.2, 0.25) is 0 Å². The van der Waals surface area contributed by atoms with Crippen LogP contribution in [-0.2, 0) is 4.74 Å². The second-order valence-corrected chi connectivity index (χ2v) is 5.48. The molecule has 5 heteroatoms. The third-order valence-corrected chi connectivity index (χ3v) is 3.03. The summed E-state index contributed by atoms with van der Waals surface area (Å²) in [5.74, 6) is -0.379. The van der Waals surface area contributed by atoms with Crippen molar-refractivity contribution in [3.8, 4) is 0 Å². The van der Waals surface area contributed by atoms with Crippen LogP contribution in [0.25, 0.3) is 0 Å². The Labute approximate surface area is 135 Å². The first-order valence-electron chi connectivity index (χ1n) is 7.40. The van der Waals surface area contributed by atoms with Crippen molar-refractivity contribution in [3.63, 3.8) is 0 Å². The van der Waals surface area contributed by atoms with Gasteiger partial charge < -0.3 is 15.4 Å². The molecule has 0 atom stereocenters. The molecule has 0 unspecified atom stereocenters. The summed E-state index contributed by atoms with van der Waals surface area (Å²) >= 11 is 0. The summed E-state index contributed by atoms with van der Waals surface area (Å²) in [6, 6.07) is 13.7. The molecule has 23 heavy (non-hydrogen) atoms. The molecule has 0 aromatic heterocycles. The van der Waals surface area contributed by atoms with Crippen LogP contribution in [0.3, 0.4) is 0 Å². The SMILES string of the molecule is Cc1ccc(NC(=O)Nc2ccc(C(=O)OC(C)C)cc2)cc1. The Hall–Kier alpha value is -2.82. The van der Waals surface area contributed by atoms with Crippen LogP contribution in [0.15, 0.2) is 48.5 Å². The van der Waals surface area contributed by atoms with Gasteiger partial charge in [-0.15, -0.1) is 0 Å². The van der Waals surface area contributed by atoms with E-state index in [1.807, 2.05) is 31.2 Å². The van der Waals surface area contributed by atoms with Crippen molar-refractivity contribution in [3.05, 3.63) is 59.7 Å². The van der Waals surface area contributed by atoms with Crippen LogP contribution < -0.4 is 10.6 Å². The van der Waals surface area contributed by atoms with Crippen LogP contribution in [0.1, 0.15) is 29.8 Å². The minimum atomic E-state index is -0.379. The summed E-state index contributed by atoms with van der Waals surface area (Å²) in [6.45, 7) is 5.57. The second kappa shape index (κ2) is 7.45. The van der Waals surface area contributed by atoms with Gasteiger partial charge in [0.25, 0.3) is 0 Å². The number of esters is 1. The minimum Gasteiger partial charge on any atom is -0.459 e. The lowest BCUT2D eigenvalue weighted by molar-refractivity contribution is 0.0378. The predicted molar refractivity (Wildman–Crippen MR) is 90.8 cm³/mol. The molecule has 0 saturated carbocycles. The summed E-state index contributed by atoms with van der Waals surface area (Å²) in [7, 11) is 0. The Morgan fingerprint density at radius 3 is 1.83 bits per heavy atom. The molecule has 0 aliphatic heterocycles. The van der Waals surface area contributed by atoms with E-state index in [4.69, 9.17) is 4.74 Å². The number of urea groups is 1. The zero-order chi connectivity index (χ0) is 16.8. The summed E-state index contributed by atoms with van der Waals surface area (Å²) in [5.41, 5.74) is 2.88. The fourth-order valence-corrected chi connectivity index (χ4v) is 1.90. The zero-order valence-electron chi connectivity index (χ0n) is 13.4. The van der Waals surface area contributed by atoms with Crippen molar-refractivity contribution < 1.29 is 14.3 Å². The number of ether oxygens (including phenoxy) is 1. The van der Waals surface area contributed by atoms with Crippen LogP contribution in [0.5, 0.6) is 0 Å². The molecule has 5 nitrogen and oxygen atoms in total. The quantitative estimate of drug-likeness (QED) is 0.831. The highest BCUT2D eigenvalue weighted by Gasteiger charge is 2.09. The maximum absolute atomic E-state index is 11.9. The van der Waals surface area contributed by atoms with Gasteiger partial charge in [0, 0.05) is 11.4 Å². The monoisotopic (exact) mass is 312 g/mol. The summed E-state index contributed by atoms with van der Waals surface area (Å²) in [4.78, 5) is 23.7. The standard InChI is InChI=1S/C18H20N2O3/c1-12(2)23-17(21)14-6-10-16(11-7-14)20-18(22)19-15-8-4-13(3)5-9-15/h4-12H,1-3H3,(H2,19,20,22). The van der Waals surface area contributed by atoms with E-state index < -0.39 is 0 Å². The number of carbonyl (C=O) groups is 2. The first kappa shape index (κ1) is 16.5. The lowest BCUT2D eigenvalue weighted by atomic mass is 10.2. The van der Waals surface area contributed by atoms with Crippen LogP contribution in [0, 0.1) is 6.92 Å². The first-order chi connectivity index (χ1) is 10.9. The van der Waals surface area contributed by atoms with Crippen LogP contribution in [0.4, 0.5) is 16.2 Å². The number of nitrogens with one attached hydrogen (secondary N) is 2. The van der Waals surface area contributed by atoms with Gasteiger partial charge in [-0.05, 0) is 57.2 Å². The fraction of sp³-hybridized carbons (Fsp3) is 0.222. The number of aryl methyl sites for hydroxylation is 1. The average Bonchev–Trinajstić information content (AvgIpc) is 2.49. The smallest absolute Gasteiger partial charge is 0.338 e. The predicted octanol–water partition coefficient (Wildman–Crippen LogP) is 4.20. The third-order valence-electron chi connectivity index (χ3n) is 3.03. The number of rotatable bonds is 4. The average molecular weight is 312 g/mol. The van der Waals surface area contributed by atoms with Gasteiger partial charge in [0.1, 0.15) is 0 Å². The molecule has 0 bridgehead atoms. The van der Waals surface area contributed by atoms with Crippen LogP contribution in [-0.4, -0.2) is 18.1 Å². The largest absolute Gasteiger partial charge is 0.459 e. The second-order valence-electron chi connectivity index (χ2n) is 5.48. The molecule has 0 fully saturated rings. The molecule has 0 heterocycles. The number of amides is 2. The molecular weight excluding hydrogens is 292 g/mol. The Morgan fingerprint density at radius 2 is 1.35 bits per heavy atom. The Balaban J connectivity index is 1.93. The van der Waals surface area contributed by atoms with Crippen molar-refractivity contribution in [1.82, 2.24) is 0 Å². The van der Waals surface area contributed by atoms with Gasteiger partial charge in [0.05, 0.1) is 11.7 Å². The van der Waals surface area contributed by atoms with Crippen molar-refractivity contribution in [2.24, 2.45) is 0 Å². The van der Waals surface area contributed by atoms with Crippen LogP contribution >= 0.6 is 0 Å². The molecule has 0 aliphatic rings. The number of hydrogen-bond donors (Lipinski definition) is 2. The van der Waals surface area contributed by atoms with E-state index in [1.165, 1.54) is 0 Å².